The lowest BCUT2D eigenvalue weighted by molar-refractivity contribution is -0.136. The van der Waals surface area contributed by atoms with E-state index in [4.69, 9.17) is 0 Å². The van der Waals surface area contributed by atoms with Gasteiger partial charge >= 0.3 is 6.18 Å². The lowest BCUT2D eigenvalue weighted by atomic mass is 10.2. The first-order valence-corrected chi connectivity index (χ1v) is 5.05. The van der Waals surface area contributed by atoms with E-state index in [1.165, 1.54) is 17.1 Å². The van der Waals surface area contributed by atoms with Gasteiger partial charge in [-0.25, -0.2) is 0 Å². The Morgan fingerprint density at radius 3 is 2.75 bits per heavy atom. The van der Waals surface area contributed by atoms with Crippen LogP contribution >= 0.6 is 0 Å². The molecule has 0 saturated carbocycles. The van der Waals surface area contributed by atoms with Gasteiger partial charge in [0, 0.05) is 25.6 Å². The normalized spacial score (nSPS) is 11.8. The number of Topliss-reactive ketones (excluding diaryl/α,β-unsaturated/α-hetero) is 1. The summed E-state index contributed by atoms with van der Waals surface area (Å²) in [6.45, 7) is 1.90. The van der Waals surface area contributed by atoms with Gasteiger partial charge in [0.05, 0.1) is 11.8 Å². The fourth-order valence-corrected chi connectivity index (χ4v) is 1.28. The van der Waals surface area contributed by atoms with E-state index in [0.29, 0.717) is 12.0 Å². The highest BCUT2D eigenvalue weighted by atomic mass is 19.4. The Labute approximate surface area is 91.3 Å². The van der Waals surface area contributed by atoms with E-state index in [0.717, 1.165) is 0 Å². The minimum atomic E-state index is -4.13. The summed E-state index contributed by atoms with van der Waals surface area (Å²) in [5, 5.41) is 3.83. The highest BCUT2D eigenvalue weighted by Gasteiger charge is 2.26. The van der Waals surface area contributed by atoms with E-state index < -0.39 is 12.6 Å². The maximum Gasteiger partial charge on any atom is 0.389 e. The van der Waals surface area contributed by atoms with Crippen LogP contribution in [-0.2, 0) is 6.54 Å². The molecule has 0 fully saturated rings. The molecule has 0 bridgehead atoms. The van der Waals surface area contributed by atoms with Crippen molar-refractivity contribution in [3.63, 3.8) is 0 Å². The summed E-state index contributed by atoms with van der Waals surface area (Å²) in [4.78, 5) is 11.2. The summed E-state index contributed by atoms with van der Waals surface area (Å²) in [6, 6.07) is 0. The number of aromatic nitrogens is 2. The van der Waals surface area contributed by atoms with E-state index in [9.17, 15) is 18.0 Å². The van der Waals surface area contributed by atoms with E-state index in [2.05, 4.69) is 5.10 Å². The van der Waals surface area contributed by atoms with Gasteiger partial charge in [0.25, 0.3) is 0 Å². The second-order valence-corrected chi connectivity index (χ2v) is 3.49. The molecule has 1 rings (SSSR count). The number of hydrogen-bond acceptors (Lipinski definition) is 2. The summed E-state index contributed by atoms with van der Waals surface area (Å²) in [5.41, 5.74) is 0.453. The van der Waals surface area contributed by atoms with Crippen molar-refractivity contribution in [2.75, 3.05) is 0 Å². The molecular weight excluding hydrogens is 221 g/mol. The molecular formula is C10H13F3N2O. The van der Waals surface area contributed by atoms with Crippen LogP contribution in [0.25, 0.3) is 0 Å². The Kier molecular flexibility index (Phi) is 4.09. The molecule has 1 aromatic heterocycles. The van der Waals surface area contributed by atoms with Crippen molar-refractivity contribution >= 4 is 5.78 Å². The minimum absolute atomic E-state index is 0.0229. The first-order chi connectivity index (χ1) is 7.42. The van der Waals surface area contributed by atoms with Crippen molar-refractivity contribution in [2.45, 2.75) is 38.9 Å². The molecule has 0 radical (unpaired) electrons. The molecule has 6 heteroatoms. The number of alkyl halides is 3. The molecule has 0 amide bonds. The maximum atomic E-state index is 11.9. The number of aryl methyl sites for hydroxylation is 1. The standard InChI is InChI=1S/C10H13F3N2O/c1-2-9(16)8-6-14-15(7-8)5-3-4-10(11,12)13/h6-7H,2-5H2,1H3. The Morgan fingerprint density at radius 1 is 1.50 bits per heavy atom. The highest BCUT2D eigenvalue weighted by molar-refractivity contribution is 5.95. The Hall–Kier alpha value is -1.33. The number of ketones is 1. The average molecular weight is 234 g/mol. The van der Waals surface area contributed by atoms with Gasteiger partial charge in [0.2, 0.25) is 0 Å². The van der Waals surface area contributed by atoms with Crippen LogP contribution in [0.1, 0.15) is 36.5 Å². The maximum absolute atomic E-state index is 11.9. The summed E-state index contributed by atoms with van der Waals surface area (Å²) < 4.78 is 37.0. The zero-order valence-electron chi connectivity index (χ0n) is 8.92. The van der Waals surface area contributed by atoms with Gasteiger partial charge in [-0.2, -0.15) is 18.3 Å². The predicted molar refractivity (Wildman–Crippen MR) is 52.1 cm³/mol. The van der Waals surface area contributed by atoms with Crippen molar-refractivity contribution in [2.24, 2.45) is 0 Å². The molecule has 1 heterocycles. The number of hydrogen-bond donors (Lipinski definition) is 0. The topological polar surface area (TPSA) is 34.9 Å². The van der Waals surface area contributed by atoms with E-state index in [1.54, 1.807) is 6.92 Å². The second-order valence-electron chi connectivity index (χ2n) is 3.49. The van der Waals surface area contributed by atoms with E-state index >= 15 is 0 Å². The van der Waals surface area contributed by atoms with Crippen molar-refractivity contribution in [1.82, 2.24) is 9.78 Å². The van der Waals surface area contributed by atoms with Crippen LogP contribution < -0.4 is 0 Å². The number of rotatable bonds is 5. The monoisotopic (exact) mass is 234 g/mol. The van der Waals surface area contributed by atoms with Gasteiger partial charge in [-0.15, -0.1) is 0 Å². The van der Waals surface area contributed by atoms with Crippen LogP contribution in [0.5, 0.6) is 0 Å². The summed E-state index contributed by atoms with van der Waals surface area (Å²) in [5.74, 6) is -0.0536. The van der Waals surface area contributed by atoms with Crippen LogP contribution in [0.2, 0.25) is 0 Å². The molecule has 0 aliphatic carbocycles. The van der Waals surface area contributed by atoms with E-state index in [1.807, 2.05) is 0 Å². The summed E-state index contributed by atoms with van der Waals surface area (Å²) in [6.07, 6.45) is -1.74. The van der Waals surface area contributed by atoms with E-state index in [-0.39, 0.29) is 18.7 Å². The van der Waals surface area contributed by atoms with Crippen molar-refractivity contribution < 1.29 is 18.0 Å². The molecule has 0 unspecified atom stereocenters. The largest absolute Gasteiger partial charge is 0.389 e. The van der Waals surface area contributed by atoms with Crippen molar-refractivity contribution in [3.8, 4) is 0 Å². The third-order valence-electron chi connectivity index (χ3n) is 2.12. The van der Waals surface area contributed by atoms with Gasteiger partial charge in [-0.1, -0.05) is 6.92 Å². The Morgan fingerprint density at radius 2 is 2.19 bits per heavy atom. The van der Waals surface area contributed by atoms with Crippen molar-refractivity contribution in [1.29, 1.82) is 0 Å². The molecule has 16 heavy (non-hydrogen) atoms. The fraction of sp³-hybridized carbons (Fsp3) is 0.600. The van der Waals surface area contributed by atoms with Crippen LogP contribution in [0, 0.1) is 0 Å². The van der Waals surface area contributed by atoms with Gasteiger partial charge in [-0.3, -0.25) is 9.48 Å². The number of carbonyl (C=O) groups is 1. The van der Waals surface area contributed by atoms with Crippen LogP contribution in [0.3, 0.4) is 0 Å². The molecule has 1 aromatic rings. The number of halogens is 3. The van der Waals surface area contributed by atoms with Gasteiger partial charge < -0.3 is 0 Å². The molecule has 90 valence electrons. The van der Waals surface area contributed by atoms with Crippen molar-refractivity contribution in [3.05, 3.63) is 18.0 Å². The third kappa shape index (κ3) is 4.04. The highest BCUT2D eigenvalue weighted by Crippen LogP contribution is 2.21. The fourth-order valence-electron chi connectivity index (χ4n) is 1.28. The minimum Gasteiger partial charge on any atom is -0.294 e. The molecule has 0 aliphatic heterocycles. The lowest BCUT2D eigenvalue weighted by Gasteiger charge is -2.05. The quantitative estimate of drug-likeness (QED) is 0.734. The molecule has 0 aromatic carbocycles. The lowest BCUT2D eigenvalue weighted by Crippen LogP contribution is -2.09. The van der Waals surface area contributed by atoms with Crippen LogP contribution in [0.15, 0.2) is 12.4 Å². The second kappa shape index (κ2) is 5.14. The van der Waals surface area contributed by atoms with Crippen LogP contribution in [-0.4, -0.2) is 21.7 Å². The SMILES string of the molecule is CCC(=O)c1cnn(CCCC(F)(F)F)c1. The Balaban J connectivity index is 2.44. The van der Waals surface area contributed by atoms with Gasteiger partial charge in [-0.05, 0) is 6.42 Å². The zero-order valence-corrected chi connectivity index (χ0v) is 8.92. The summed E-state index contributed by atoms with van der Waals surface area (Å²) in [7, 11) is 0. The average Bonchev–Trinajstić information content (AvgIpc) is 2.63. The molecule has 3 nitrogen and oxygen atoms in total. The molecule has 0 atom stereocenters. The molecule has 0 N–H and O–H groups in total. The molecule has 0 aliphatic rings. The first kappa shape index (κ1) is 12.7. The third-order valence-corrected chi connectivity index (χ3v) is 2.12. The zero-order chi connectivity index (χ0) is 12.2. The number of nitrogens with zero attached hydrogens (tertiary/aromatic N) is 2. The summed E-state index contributed by atoms with van der Waals surface area (Å²) >= 11 is 0. The number of carbonyl (C=O) groups excluding carboxylic acids is 1. The smallest absolute Gasteiger partial charge is 0.294 e. The Bertz CT molecular complexity index is 357. The molecule has 0 saturated heterocycles. The molecule has 0 spiro atoms. The predicted octanol–water partition coefficient (Wildman–Crippen LogP) is 2.82. The first-order valence-electron chi connectivity index (χ1n) is 5.05. The van der Waals surface area contributed by atoms with Crippen LogP contribution in [0.4, 0.5) is 13.2 Å². The van der Waals surface area contributed by atoms with Gasteiger partial charge in [0.1, 0.15) is 0 Å². The van der Waals surface area contributed by atoms with Gasteiger partial charge in [0.15, 0.2) is 5.78 Å².